The molecule has 5 heteroatoms. The van der Waals surface area contributed by atoms with E-state index in [-0.39, 0.29) is 16.3 Å². The number of rotatable bonds is 4. The van der Waals surface area contributed by atoms with Gasteiger partial charge in [-0.05, 0) is 24.6 Å². The lowest BCUT2D eigenvalue weighted by Crippen LogP contribution is -2.28. The highest BCUT2D eigenvalue weighted by Crippen LogP contribution is 2.05. The summed E-state index contributed by atoms with van der Waals surface area (Å²) in [4.78, 5) is 21.7. The average molecular weight is 286 g/mol. The van der Waals surface area contributed by atoms with E-state index in [0.717, 1.165) is 5.56 Å². The maximum Gasteiger partial charge on any atom is 0.335 e. The second-order valence-corrected chi connectivity index (χ2v) is 4.71. The quantitative estimate of drug-likeness (QED) is 0.829. The van der Waals surface area contributed by atoms with Crippen molar-refractivity contribution in [2.75, 3.05) is 0 Å². The van der Waals surface area contributed by atoms with Gasteiger partial charge < -0.3 is 10.4 Å². The zero-order valence-electron chi connectivity index (χ0n) is 8.74. The molecule has 1 unspecified atom stereocenters. The second-order valence-electron chi connectivity index (χ2n) is 3.34. The summed E-state index contributed by atoms with van der Waals surface area (Å²) in [6, 6.07) is 6.48. The molecule has 0 aromatic heterocycles. The van der Waals surface area contributed by atoms with Crippen molar-refractivity contribution in [3.05, 3.63) is 35.4 Å². The zero-order valence-corrected chi connectivity index (χ0v) is 10.3. The summed E-state index contributed by atoms with van der Waals surface area (Å²) in [7, 11) is 0. The molecule has 0 saturated carbocycles. The summed E-state index contributed by atoms with van der Waals surface area (Å²) in [6.07, 6.45) is 0. The molecule has 0 bridgehead atoms. The fourth-order valence-electron chi connectivity index (χ4n) is 1.14. The van der Waals surface area contributed by atoms with Gasteiger partial charge in [-0.15, -0.1) is 0 Å². The van der Waals surface area contributed by atoms with Gasteiger partial charge in [0, 0.05) is 6.54 Å². The number of amides is 1. The van der Waals surface area contributed by atoms with Crippen LogP contribution in [0.2, 0.25) is 0 Å². The van der Waals surface area contributed by atoms with Crippen molar-refractivity contribution in [2.24, 2.45) is 0 Å². The minimum absolute atomic E-state index is 0.124. The monoisotopic (exact) mass is 285 g/mol. The summed E-state index contributed by atoms with van der Waals surface area (Å²) < 4.78 is 0. The molecule has 86 valence electrons. The van der Waals surface area contributed by atoms with Crippen molar-refractivity contribution in [3.63, 3.8) is 0 Å². The average Bonchev–Trinajstić information content (AvgIpc) is 2.26. The smallest absolute Gasteiger partial charge is 0.335 e. The van der Waals surface area contributed by atoms with Gasteiger partial charge in [0.2, 0.25) is 5.91 Å². The van der Waals surface area contributed by atoms with Crippen molar-refractivity contribution in [3.8, 4) is 0 Å². The molecule has 0 fully saturated rings. The van der Waals surface area contributed by atoms with Crippen molar-refractivity contribution < 1.29 is 14.7 Å². The zero-order chi connectivity index (χ0) is 12.1. The SMILES string of the molecule is CC(Br)C(=O)NCc1cccc(C(=O)O)c1. The highest BCUT2D eigenvalue weighted by Gasteiger charge is 2.08. The first-order valence-corrected chi connectivity index (χ1v) is 5.66. The fraction of sp³-hybridized carbons (Fsp3) is 0.273. The summed E-state index contributed by atoms with van der Waals surface area (Å²) in [5.41, 5.74) is 0.986. The van der Waals surface area contributed by atoms with Crippen LogP contribution in [0.15, 0.2) is 24.3 Å². The van der Waals surface area contributed by atoms with E-state index in [2.05, 4.69) is 21.2 Å². The lowest BCUT2D eigenvalue weighted by molar-refractivity contribution is -0.120. The van der Waals surface area contributed by atoms with Crippen LogP contribution in [0.3, 0.4) is 0 Å². The molecule has 0 aliphatic rings. The molecule has 0 heterocycles. The summed E-state index contributed by atoms with van der Waals surface area (Å²) in [5, 5.41) is 11.5. The van der Waals surface area contributed by atoms with E-state index in [9.17, 15) is 9.59 Å². The normalized spacial score (nSPS) is 11.9. The van der Waals surface area contributed by atoms with E-state index in [1.165, 1.54) is 6.07 Å². The molecule has 0 spiro atoms. The van der Waals surface area contributed by atoms with E-state index >= 15 is 0 Å². The summed E-state index contributed by atoms with van der Waals surface area (Å²) >= 11 is 3.14. The number of aromatic carboxylic acids is 1. The van der Waals surface area contributed by atoms with Crippen LogP contribution in [0, 0.1) is 0 Å². The molecule has 4 nitrogen and oxygen atoms in total. The fourth-order valence-corrected chi connectivity index (χ4v) is 1.31. The Bertz CT molecular complexity index is 404. The van der Waals surface area contributed by atoms with Crippen LogP contribution >= 0.6 is 15.9 Å². The Morgan fingerprint density at radius 2 is 2.19 bits per heavy atom. The summed E-state index contributed by atoms with van der Waals surface area (Å²) in [5.74, 6) is -1.09. The van der Waals surface area contributed by atoms with Crippen LogP contribution in [0.1, 0.15) is 22.8 Å². The van der Waals surface area contributed by atoms with Gasteiger partial charge in [-0.3, -0.25) is 4.79 Å². The minimum atomic E-state index is -0.970. The highest BCUT2D eigenvalue weighted by atomic mass is 79.9. The van der Waals surface area contributed by atoms with E-state index in [0.29, 0.717) is 6.54 Å². The molecule has 1 aromatic carbocycles. The molecular weight excluding hydrogens is 274 g/mol. The van der Waals surface area contributed by atoms with Crippen LogP contribution in [0.25, 0.3) is 0 Å². The Kier molecular flexibility index (Phi) is 4.49. The maximum absolute atomic E-state index is 11.3. The van der Waals surface area contributed by atoms with Crippen LogP contribution in [-0.2, 0) is 11.3 Å². The van der Waals surface area contributed by atoms with E-state index in [1.54, 1.807) is 25.1 Å². The molecule has 1 rings (SSSR count). The van der Waals surface area contributed by atoms with Gasteiger partial charge in [0.05, 0.1) is 10.4 Å². The number of carboxylic acids is 1. The highest BCUT2D eigenvalue weighted by molar-refractivity contribution is 9.10. The number of halogens is 1. The molecule has 16 heavy (non-hydrogen) atoms. The van der Waals surface area contributed by atoms with Crippen LogP contribution in [-0.4, -0.2) is 21.8 Å². The Morgan fingerprint density at radius 3 is 2.75 bits per heavy atom. The number of carbonyl (C=O) groups excluding carboxylic acids is 1. The Hall–Kier alpha value is -1.36. The first-order valence-electron chi connectivity index (χ1n) is 4.74. The number of carboxylic acid groups (broad SMARTS) is 1. The molecule has 2 N–H and O–H groups in total. The predicted molar refractivity (Wildman–Crippen MR) is 63.6 cm³/mol. The third kappa shape index (κ3) is 3.66. The van der Waals surface area contributed by atoms with Crippen molar-refractivity contribution in [1.29, 1.82) is 0 Å². The first kappa shape index (κ1) is 12.7. The van der Waals surface area contributed by atoms with Gasteiger partial charge in [0.1, 0.15) is 0 Å². The lowest BCUT2D eigenvalue weighted by atomic mass is 10.1. The maximum atomic E-state index is 11.3. The molecule has 0 saturated heterocycles. The molecular formula is C11H12BrNO3. The van der Waals surface area contributed by atoms with Gasteiger partial charge in [0.25, 0.3) is 0 Å². The van der Waals surface area contributed by atoms with Gasteiger partial charge >= 0.3 is 5.97 Å². The third-order valence-electron chi connectivity index (χ3n) is 2.00. The van der Waals surface area contributed by atoms with E-state index in [4.69, 9.17) is 5.11 Å². The number of benzene rings is 1. The second kappa shape index (κ2) is 5.65. The third-order valence-corrected chi connectivity index (χ3v) is 2.42. The van der Waals surface area contributed by atoms with Crippen LogP contribution in [0.5, 0.6) is 0 Å². The molecule has 0 aliphatic carbocycles. The molecule has 0 radical (unpaired) electrons. The minimum Gasteiger partial charge on any atom is -0.478 e. The standard InChI is InChI=1S/C11H12BrNO3/c1-7(12)10(14)13-6-8-3-2-4-9(5-8)11(15)16/h2-5,7H,6H2,1H3,(H,13,14)(H,15,16). The molecule has 1 aromatic rings. The van der Waals surface area contributed by atoms with Crippen LogP contribution in [0.4, 0.5) is 0 Å². The number of hydrogen-bond donors (Lipinski definition) is 2. The molecule has 1 amide bonds. The van der Waals surface area contributed by atoms with Gasteiger partial charge in [-0.25, -0.2) is 4.79 Å². The predicted octanol–water partition coefficient (Wildman–Crippen LogP) is 1.78. The van der Waals surface area contributed by atoms with E-state index < -0.39 is 5.97 Å². The van der Waals surface area contributed by atoms with E-state index in [1.807, 2.05) is 0 Å². The Labute approximate surface area is 102 Å². The number of nitrogens with one attached hydrogen (secondary N) is 1. The number of alkyl halides is 1. The largest absolute Gasteiger partial charge is 0.478 e. The lowest BCUT2D eigenvalue weighted by Gasteiger charge is -2.07. The van der Waals surface area contributed by atoms with Crippen molar-refractivity contribution in [1.82, 2.24) is 5.32 Å². The van der Waals surface area contributed by atoms with Gasteiger partial charge in [0.15, 0.2) is 0 Å². The van der Waals surface area contributed by atoms with Gasteiger partial charge in [-0.2, -0.15) is 0 Å². The first-order chi connectivity index (χ1) is 7.50. The molecule has 0 aliphatic heterocycles. The van der Waals surface area contributed by atoms with Crippen LogP contribution < -0.4 is 5.32 Å². The summed E-state index contributed by atoms with van der Waals surface area (Å²) in [6.45, 7) is 2.05. The molecule has 1 atom stereocenters. The Morgan fingerprint density at radius 1 is 1.50 bits per heavy atom. The van der Waals surface area contributed by atoms with Crippen molar-refractivity contribution >= 4 is 27.8 Å². The van der Waals surface area contributed by atoms with Gasteiger partial charge in [-0.1, -0.05) is 28.1 Å². The number of carbonyl (C=O) groups is 2. The number of hydrogen-bond acceptors (Lipinski definition) is 2. The topological polar surface area (TPSA) is 66.4 Å². The Balaban J connectivity index is 2.64. The van der Waals surface area contributed by atoms with Crippen molar-refractivity contribution in [2.45, 2.75) is 18.3 Å².